The Balaban J connectivity index is 3.19. The van der Waals surface area contributed by atoms with E-state index in [0.717, 1.165) is 5.56 Å². The van der Waals surface area contributed by atoms with Gasteiger partial charge in [-0.25, -0.2) is 0 Å². The fraction of sp³-hybridized carbons (Fsp3) is 0.533. The molecule has 0 fully saturated rings. The minimum absolute atomic E-state index is 0.464. The summed E-state index contributed by atoms with van der Waals surface area (Å²) in [7, 11) is 0. The van der Waals surface area contributed by atoms with Crippen molar-refractivity contribution in [2.24, 2.45) is 5.92 Å². The fourth-order valence-corrected chi connectivity index (χ4v) is 2.76. The summed E-state index contributed by atoms with van der Waals surface area (Å²) < 4.78 is 14.9. The van der Waals surface area contributed by atoms with E-state index in [-0.39, 0.29) is 0 Å². The van der Waals surface area contributed by atoms with Crippen molar-refractivity contribution >= 4 is 17.3 Å². The lowest BCUT2D eigenvalue weighted by Gasteiger charge is -2.37. The predicted molar refractivity (Wildman–Crippen MR) is 81.6 cm³/mol. The molecule has 20 heavy (non-hydrogen) atoms. The van der Waals surface area contributed by atoms with Crippen molar-refractivity contribution in [3.05, 3.63) is 35.9 Å². The van der Waals surface area contributed by atoms with Crippen molar-refractivity contribution in [2.45, 2.75) is 44.9 Å². The number of benzene rings is 1. The van der Waals surface area contributed by atoms with Gasteiger partial charge in [0.05, 0.1) is 11.5 Å². The van der Waals surface area contributed by atoms with Crippen LogP contribution in [0.3, 0.4) is 0 Å². The van der Waals surface area contributed by atoms with Crippen molar-refractivity contribution in [3.8, 4) is 0 Å². The smallest absolute Gasteiger partial charge is 0.308 e. The van der Waals surface area contributed by atoms with Gasteiger partial charge >= 0.3 is 5.97 Å². The first-order chi connectivity index (χ1) is 9.09. The molecular weight excluding hydrogens is 274 g/mol. The van der Waals surface area contributed by atoms with Crippen LogP contribution in [0.25, 0.3) is 0 Å². The van der Waals surface area contributed by atoms with Gasteiger partial charge in [-0.05, 0) is 40.2 Å². The number of hydrogen-bond donors (Lipinski definition) is 2. The first-order valence-electron chi connectivity index (χ1n) is 6.57. The molecule has 0 amide bonds. The highest BCUT2D eigenvalue weighted by Gasteiger charge is 2.43. The van der Waals surface area contributed by atoms with E-state index in [1.165, 1.54) is 0 Å². The Kier molecular flexibility index (Phi) is 5.24. The monoisotopic (exact) mass is 297 g/mol. The van der Waals surface area contributed by atoms with Gasteiger partial charge in [0.2, 0.25) is 0 Å². The molecule has 0 aromatic heterocycles. The van der Waals surface area contributed by atoms with Crippen LogP contribution in [-0.4, -0.2) is 20.4 Å². The number of hydrogen-bond acceptors (Lipinski definition) is 3. The summed E-state index contributed by atoms with van der Waals surface area (Å²) in [4.78, 5) is 11.4. The van der Waals surface area contributed by atoms with E-state index < -0.39 is 33.5 Å². The molecule has 112 valence electrons. The quantitative estimate of drug-likeness (QED) is 0.820. The molecular formula is C15H23NO3S. The highest BCUT2D eigenvalue weighted by molar-refractivity contribution is 7.90. The van der Waals surface area contributed by atoms with E-state index in [2.05, 4.69) is 4.72 Å². The number of nitrogens with one attached hydrogen (secondary N) is 1. The zero-order valence-electron chi connectivity index (χ0n) is 12.6. The molecule has 5 heteroatoms. The molecule has 2 N–H and O–H groups in total. The lowest BCUT2D eigenvalue weighted by Crippen LogP contribution is -2.54. The van der Waals surface area contributed by atoms with Crippen LogP contribution in [0.2, 0.25) is 0 Å². The number of carboxylic acid groups (broad SMARTS) is 1. The molecule has 0 aliphatic heterocycles. The maximum absolute atomic E-state index is 12.4. The van der Waals surface area contributed by atoms with Gasteiger partial charge in [-0.15, -0.1) is 4.72 Å². The third-order valence-electron chi connectivity index (χ3n) is 3.47. The normalized spacial score (nSPS) is 18.1. The van der Waals surface area contributed by atoms with Gasteiger partial charge in [0.25, 0.3) is 0 Å². The van der Waals surface area contributed by atoms with Crippen LogP contribution in [0.4, 0.5) is 0 Å². The van der Waals surface area contributed by atoms with Crippen molar-refractivity contribution < 1.29 is 14.5 Å². The van der Waals surface area contributed by atoms with E-state index in [1.807, 2.05) is 51.1 Å². The van der Waals surface area contributed by atoms with E-state index in [0.29, 0.717) is 0 Å². The lowest BCUT2D eigenvalue weighted by atomic mass is 9.81. The van der Waals surface area contributed by atoms with Crippen LogP contribution in [-0.2, 0) is 21.7 Å². The molecule has 1 rings (SSSR count). The molecule has 0 radical (unpaired) electrons. The van der Waals surface area contributed by atoms with Crippen LogP contribution in [0.15, 0.2) is 30.3 Å². The van der Waals surface area contributed by atoms with Gasteiger partial charge in [-0.1, -0.05) is 30.3 Å². The number of carbonyl (C=O) groups is 1. The van der Waals surface area contributed by atoms with Gasteiger partial charge in [0.1, 0.15) is 4.75 Å². The van der Waals surface area contributed by atoms with Crippen LogP contribution < -0.4 is 4.72 Å². The van der Waals surface area contributed by atoms with Gasteiger partial charge in [0, 0.05) is 11.4 Å². The minimum atomic E-state index is -1.36. The zero-order chi connectivity index (χ0) is 15.6. The second kappa shape index (κ2) is 6.16. The lowest BCUT2D eigenvalue weighted by molar-refractivity contribution is -0.143. The third kappa shape index (κ3) is 3.75. The Bertz CT molecular complexity index is 458. The Morgan fingerprint density at radius 3 is 2.15 bits per heavy atom. The Hall–Kier alpha value is -1.04. The summed E-state index contributed by atoms with van der Waals surface area (Å²) in [5.74, 6) is -1.63. The molecule has 2 unspecified atom stereocenters. The zero-order valence-corrected chi connectivity index (χ0v) is 13.5. The maximum Gasteiger partial charge on any atom is 0.308 e. The van der Waals surface area contributed by atoms with Gasteiger partial charge in [-0.3, -0.25) is 4.79 Å². The average Bonchev–Trinajstić information content (AvgIpc) is 2.37. The van der Waals surface area contributed by atoms with Crippen LogP contribution in [0.5, 0.6) is 0 Å². The van der Waals surface area contributed by atoms with Crippen molar-refractivity contribution in [2.75, 3.05) is 0 Å². The molecule has 0 spiro atoms. The van der Waals surface area contributed by atoms with Crippen molar-refractivity contribution in [3.63, 3.8) is 0 Å². The maximum atomic E-state index is 12.4. The molecule has 0 heterocycles. The summed E-state index contributed by atoms with van der Waals surface area (Å²) in [5, 5.41) is 9.36. The molecule has 1 aromatic rings. The number of aliphatic carboxylic acids is 1. The Morgan fingerprint density at radius 1 is 1.25 bits per heavy atom. The molecule has 0 saturated carbocycles. The summed E-state index contributed by atoms with van der Waals surface area (Å²) in [6.45, 7) is 8.97. The molecule has 0 aliphatic rings. The highest BCUT2D eigenvalue weighted by Crippen LogP contribution is 2.32. The van der Waals surface area contributed by atoms with Crippen LogP contribution in [0, 0.1) is 5.92 Å². The van der Waals surface area contributed by atoms with Crippen molar-refractivity contribution in [1.29, 1.82) is 0 Å². The molecule has 0 aliphatic carbocycles. The van der Waals surface area contributed by atoms with Crippen LogP contribution in [0.1, 0.15) is 40.2 Å². The predicted octanol–water partition coefficient (Wildman–Crippen LogP) is 2.67. The summed E-state index contributed by atoms with van der Waals surface area (Å²) >= 11 is -1.36. The molecule has 1 aromatic carbocycles. The van der Waals surface area contributed by atoms with E-state index in [9.17, 15) is 14.5 Å². The van der Waals surface area contributed by atoms with Crippen LogP contribution >= 0.6 is 0 Å². The summed E-state index contributed by atoms with van der Waals surface area (Å²) in [6.07, 6.45) is 0. The van der Waals surface area contributed by atoms with E-state index >= 15 is 0 Å². The molecule has 4 nitrogen and oxygen atoms in total. The van der Waals surface area contributed by atoms with Crippen molar-refractivity contribution in [1.82, 2.24) is 4.72 Å². The number of rotatable bonds is 5. The number of carboxylic acids is 1. The second-order valence-corrected chi connectivity index (χ2v) is 8.08. The Labute approximate surface area is 123 Å². The SMILES string of the molecule is C[C@@H](C(=O)O)C(C)(N[S+]([O-])C(C)(C)C)c1ccccc1. The van der Waals surface area contributed by atoms with E-state index in [4.69, 9.17) is 0 Å². The first kappa shape index (κ1) is 17.0. The first-order valence-corrected chi connectivity index (χ1v) is 7.72. The Morgan fingerprint density at radius 2 is 1.75 bits per heavy atom. The highest BCUT2D eigenvalue weighted by atomic mass is 32.2. The van der Waals surface area contributed by atoms with Gasteiger partial charge < -0.3 is 9.66 Å². The fourth-order valence-electron chi connectivity index (χ4n) is 1.77. The minimum Gasteiger partial charge on any atom is -0.598 e. The molecule has 0 saturated heterocycles. The van der Waals surface area contributed by atoms with Gasteiger partial charge in [0.15, 0.2) is 0 Å². The summed E-state index contributed by atoms with van der Waals surface area (Å²) in [6, 6.07) is 9.28. The van der Waals surface area contributed by atoms with Gasteiger partial charge in [-0.2, -0.15) is 0 Å². The molecule has 0 bridgehead atoms. The molecule has 3 atom stereocenters. The largest absolute Gasteiger partial charge is 0.598 e. The standard InChI is InChI=1S/C15H23NO3S/c1-11(13(17)18)15(5,12-9-7-6-8-10-12)16-20(19)14(2,3)4/h6-11,16H,1-5H3,(H,17,18)/t11-,15?,20?/m0/s1. The van der Waals surface area contributed by atoms with E-state index in [1.54, 1.807) is 13.8 Å². The average molecular weight is 297 g/mol. The third-order valence-corrected chi connectivity index (χ3v) is 5.19. The second-order valence-electron chi connectivity index (χ2n) is 6.11. The summed E-state index contributed by atoms with van der Waals surface area (Å²) in [5.41, 5.74) is -0.0851. The topological polar surface area (TPSA) is 72.4 Å².